The van der Waals surface area contributed by atoms with Gasteiger partial charge in [0, 0.05) is 22.7 Å². The zero-order valence-electron chi connectivity index (χ0n) is 17.8. The molecule has 3 rings (SSSR count). The highest BCUT2D eigenvalue weighted by Gasteiger charge is 2.20. The smallest absolute Gasteiger partial charge is 0.261 e. The average molecular weight is 444 g/mol. The van der Waals surface area contributed by atoms with Crippen molar-refractivity contribution < 1.29 is 22.5 Å². The molecule has 0 aliphatic heterocycles. The summed E-state index contributed by atoms with van der Waals surface area (Å²) >= 11 is 0. The molecule has 0 spiro atoms. The molecule has 0 aliphatic rings. The molecule has 0 radical (unpaired) electrons. The van der Waals surface area contributed by atoms with Gasteiger partial charge in [-0.3, -0.25) is 9.52 Å². The summed E-state index contributed by atoms with van der Waals surface area (Å²) < 4.78 is 38.2. The summed E-state index contributed by atoms with van der Waals surface area (Å²) in [7, 11) is -3.77. The van der Waals surface area contributed by atoms with Gasteiger partial charge >= 0.3 is 0 Å². The molecule has 0 unspecified atom stereocenters. The minimum Gasteiger partial charge on any atom is -0.494 e. The zero-order chi connectivity index (χ0) is 22.6. The normalized spacial score (nSPS) is 11.7. The lowest BCUT2D eigenvalue weighted by molar-refractivity contribution is 0.102. The van der Waals surface area contributed by atoms with Crippen LogP contribution < -0.4 is 14.8 Å². The SMILES string of the molecule is CCOc1ccc(S(=O)(=O)Nc2ccc(C(=O)Nc3cc(C(C)(C)C)on3)cc2)cc1. The number of hydrogen-bond donors (Lipinski definition) is 2. The minimum atomic E-state index is -3.77. The Labute approximate surface area is 181 Å². The average Bonchev–Trinajstić information content (AvgIpc) is 3.18. The number of rotatable bonds is 7. The quantitative estimate of drug-likeness (QED) is 0.559. The van der Waals surface area contributed by atoms with Gasteiger partial charge in [0.15, 0.2) is 5.82 Å². The maximum atomic E-state index is 12.6. The van der Waals surface area contributed by atoms with Gasteiger partial charge in [-0.15, -0.1) is 0 Å². The van der Waals surface area contributed by atoms with Gasteiger partial charge in [0.2, 0.25) is 0 Å². The molecule has 3 aromatic rings. The number of sulfonamides is 1. The molecule has 0 aliphatic carbocycles. The number of carbonyl (C=O) groups is 1. The van der Waals surface area contributed by atoms with Gasteiger partial charge in [0.1, 0.15) is 11.5 Å². The number of ether oxygens (including phenoxy) is 1. The molecule has 31 heavy (non-hydrogen) atoms. The van der Waals surface area contributed by atoms with E-state index in [0.29, 0.717) is 35.2 Å². The predicted octanol–water partition coefficient (Wildman–Crippen LogP) is 4.42. The van der Waals surface area contributed by atoms with E-state index in [1.54, 1.807) is 18.2 Å². The predicted molar refractivity (Wildman–Crippen MR) is 118 cm³/mol. The Bertz CT molecular complexity index is 1150. The van der Waals surface area contributed by atoms with Crippen molar-refractivity contribution in [1.29, 1.82) is 0 Å². The van der Waals surface area contributed by atoms with Crippen LogP contribution in [0.25, 0.3) is 0 Å². The fraction of sp³-hybridized carbons (Fsp3) is 0.273. The van der Waals surface area contributed by atoms with Crippen LogP contribution in [0.15, 0.2) is 64.0 Å². The van der Waals surface area contributed by atoms with Crippen molar-refractivity contribution in [1.82, 2.24) is 5.16 Å². The first-order chi connectivity index (χ1) is 14.6. The van der Waals surface area contributed by atoms with Crippen LogP contribution in [0, 0.1) is 0 Å². The lowest BCUT2D eigenvalue weighted by Gasteiger charge is -2.12. The number of aromatic nitrogens is 1. The van der Waals surface area contributed by atoms with Gasteiger partial charge in [0.25, 0.3) is 15.9 Å². The molecule has 1 heterocycles. The maximum absolute atomic E-state index is 12.6. The topological polar surface area (TPSA) is 111 Å². The van der Waals surface area contributed by atoms with Crippen molar-refractivity contribution >= 4 is 27.4 Å². The van der Waals surface area contributed by atoms with Crippen LogP contribution in [0.1, 0.15) is 43.8 Å². The highest BCUT2D eigenvalue weighted by molar-refractivity contribution is 7.92. The Morgan fingerprint density at radius 1 is 1.06 bits per heavy atom. The van der Waals surface area contributed by atoms with Gasteiger partial charge in [-0.05, 0) is 55.5 Å². The molecule has 8 nitrogen and oxygen atoms in total. The second-order valence-electron chi connectivity index (χ2n) is 7.87. The lowest BCUT2D eigenvalue weighted by Crippen LogP contribution is -2.14. The third-order valence-corrected chi connectivity index (χ3v) is 5.73. The third-order valence-electron chi connectivity index (χ3n) is 4.34. The molecular weight excluding hydrogens is 418 g/mol. The highest BCUT2D eigenvalue weighted by Crippen LogP contribution is 2.25. The van der Waals surface area contributed by atoms with E-state index < -0.39 is 10.0 Å². The number of hydrogen-bond acceptors (Lipinski definition) is 6. The summed E-state index contributed by atoms with van der Waals surface area (Å²) in [6.45, 7) is 8.29. The summed E-state index contributed by atoms with van der Waals surface area (Å²) in [4.78, 5) is 12.5. The number of nitrogens with zero attached hydrogens (tertiary/aromatic N) is 1. The van der Waals surface area contributed by atoms with E-state index in [1.165, 1.54) is 36.4 Å². The van der Waals surface area contributed by atoms with Gasteiger partial charge in [0.05, 0.1) is 11.5 Å². The summed E-state index contributed by atoms with van der Waals surface area (Å²) in [6.07, 6.45) is 0. The number of carbonyl (C=O) groups excluding carboxylic acids is 1. The Kier molecular flexibility index (Phi) is 6.35. The monoisotopic (exact) mass is 443 g/mol. The molecule has 0 bridgehead atoms. The molecule has 0 atom stereocenters. The van der Waals surface area contributed by atoms with Crippen LogP contribution >= 0.6 is 0 Å². The molecule has 0 saturated carbocycles. The van der Waals surface area contributed by atoms with Crippen molar-refractivity contribution in [2.24, 2.45) is 0 Å². The number of amides is 1. The zero-order valence-corrected chi connectivity index (χ0v) is 18.6. The summed E-state index contributed by atoms with van der Waals surface area (Å²) in [5.74, 6) is 1.19. The van der Waals surface area contributed by atoms with Gasteiger partial charge < -0.3 is 14.6 Å². The van der Waals surface area contributed by atoms with Crippen LogP contribution in [0.4, 0.5) is 11.5 Å². The molecule has 2 N–H and O–H groups in total. The second kappa shape index (κ2) is 8.81. The molecule has 0 fully saturated rings. The lowest BCUT2D eigenvalue weighted by atomic mass is 9.93. The Balaban J connectivity index is 1.66. The Morgan fingerprint density at radius 2 is 1.71 bits per heavy atom. The molecular formula is C22H25N3O5S. The molecule has 2 aromatic carbocycles. The number of nitrogens with one attached hydrogen (secondary N) is 2. The van der Waals surface area contributed by atoms with Crippen LogP contribution in [0.2, 0.25) is 0 Å². The maximum Gasteiger partial charge on any atom is 0.261 e. The molecule has 9 heteroatoms. The number of benzene rings is 2. The van der Waals surface area contributed by atoms with E-state index in [1.807, 2.05) is 27.7 Å². The largest absolute Gasteiger partial charge is 0.494 e. The van der Waals surface area contributed by atoms with Gasteiger partial charge in [-0.2, -0.15) is 0 Å². The Hall–Kier alpha value is -3.33. The van der Waals surface area contributed by atoms with Gasteiger partial charge in [-0.25, -0.2) is 8.42 Å². The summed E-state index contributed by atoms with van der Waals surface area (Å²) in [6, 6.07) is 13.9. The first-order valence-electron chi connectivity index (χ1n) is 9.73. The highest BCUT2D eigenvalue weighted by atomic mass is 32.2. The number of anilines is 2. The first-order valence-corrected chi connectivity index (χ1v) is 11.2. The Morgan fingerprint density at radius 3 is 2.26 bits per heavy atom. The van der Waals surface area contributed by atoms with E-state index in [-0.39, 0.29) is 16.2 Å². The summed E-state index contributed by atoms with van der Waals surface area (Å²) in [5, 5.41) is 6.52. The van der Waals surface area contributed by atoms with Crippen molar-refractivity contribution in [2.75, 3.05) is 16.6 Å². The van der Waals surface area contributed by atoms with Crippen molar-refractivity contribution in [2.45, 2.75) is 38.0 Å². The molecule has 164 valence electrons. The van der Waals surface area contributed by atoms with E-state index in [4.69, 9.17) is 9.26 Å². The summed E-state index contributed by atoms with van der Waals surface area (Å²) in [5.41, 5.74) is 0.462. The minimum absolute atomic E-state index is 0.110. The van der Waals surface area contributed by atoms with E-state index in [9.17, 15) is 13.2 Å². The third kappa shape index (κ3) is 5.64. The van der Waals surface area contributed by atoms with Crippen LogP contribution in [0.3, 0.4) is 0 Å². The van der Waals surface area contributed by atoms with Crippen LogP contribution in [-0.4, -0.2) is 26.1 Å². The molecule has 1 amide bonds. The van der Waals surface area contributed by atoms with Crippen molar-refractivity contribution in [3.05, 3.63) is 65.9 Å². The van der Waals surface area contributed by atoms with E-state index in [2.05, 4.69) is 15.2 Å². The van der Waals surface area contributed by atoms with Crippen molar-refractivity contribution in [3.8, 4) is 5.75 Å². The second-order valence-corrected chi connectivity index (χ2v) is 9.55. The first kappa shape index (κ1) is 22.4. The van der Waals surface area contributed by atoms with Crippen LogP contribution in [0.5, 0.6) is 5.75 Å². The molecule has 1 aromatic heterocycles. The van der Waals surface area contributed by atoms with Crippen molar-refractivity contribution in [3.63, 3.8) is 0 Å². The fourth-order valence-corrected chi connectivity index (χ4v) is 3.72. The van der Waals surface area contributed by atoms with E-state index in [0.717, 1.165) is 0 Å². The van der Waals surface area contributed by atoms with Crippen LogP contribution in [-0.2, 0) is 15.4 Å². The van der Waals surface area contributed by atoms with E-state index >= 15 is 0 Å². The fourth-order valence-electron chi connectivity index (χ4n) is 2.66. The molecule has 0 saturated heterocycles. The standard InChI is InChI=1S/C22H25N3O5S/c1-5-29-17-10-12-18(13-11-17)31(27,28)25-16-8-6-15(7-9-16)21(26)23-20-14-19(30-24-20)22(2,3)4/h6-14,25H,5H2,1-4H3,(H,23,24,26). The van der Waals surface area contributed by atoms with Gasteiger partial charge in [-0.1, -0.05) is 25.9 Å².